The summed E-state index contributed by atoms with van der Waals surface area (Å²) in [7, 11) is 0. The van der Waals surface area contributed by atoms with E-state index in [9.17, 15) is 9.90 Å². The second kappa shape index (κ2) is 9.84. The van der Waals surface area contributed by atoms with Crippen LogP contribution in [0.3, 0.4) is 0 Å². The first-order valence-corrected chi connectivity index (χ1v) is 9.66. The third kappa shape index (κ3) is 5.44. The van der Waals surface area contributed by atoms with Crippen molar-refractivity contribution in [1.29, 1.82) is 0 Å². The van der Waals surface area contributed by atoms with E-state index in [1.54, 1.807) is 30.5 Å². The Morgan fingerprint density at radius 2 is 1.72 bits per heavy atom. The van der Waals surface area contributed by atoms with E-state index in [0.29, 0.717) is 11.5 Å². The Bertz CT molecular complexity index is 1370. The summed E-state index contributed by atoms with van der Waals surface area (Å²) < 4.78 is 12.8. The molecule has 1 N–H and O–H groups in total. The fourth-order valence-electron chi connectivity index (χ4n) is 2.75. The van der Waals surface area contributed by atoms with Crippen molar-refractivity contribution in [1.82, 2.24) is 15.0 Å². The van der Waals surface area contributed by atoms with Gasteiger partial charge in [-0.2, -0.15) is 0 Å². The predicted octanol–water partition coefficient (Wildman–Crippen LogP) is 2.97. The van der Waals surface area contributed by atoms with Crippen molar-refractivity contribution < 1.29 is 14.3 Å². The highest BCUT2D eigenvalue weighted by Gasteiger charge is 2.13. The SMILES string of the molecule is O=c1cc(Cn2ccnn2)oc(COc2ccc(C#CC#Cc3ccccc3)cc2)c1O. The molecule has 7 heteroatoms. The largest absolute Gasteiger partial charge is 0.502 e. The molecule has 0 saturated heterocycles. The van der Waals surface area contributed by atoms with E-state index < -0.39 is 11.2 Å². The summed E-state index contributed by atoms with van der Waals surface area (Å²) in [6.07, 6.45) is 3.16. The number of rotatable bonds is 5. The Balaban J connectivity index is 1.39. The standard InChI is InChI=1S/C25H17N3O4/c29-23-16-22(17-28-15-14-26-27-28)32-24(25(23)30)18-31-21-12-10-20(11-13-21)9-5-4-8-19-6-2-1-3-7-19/h1-3,6-7,10-16,30H,17-18H2. The molecule has 0 radical (unpaired) electrons. The smallest absolute Gasteiger partial charge is 0.227 e. The van der Waals surface area contributed by atoms with E-state index in [4.69, 9.17) is 9.15 Å². The van der Waals surface area contributed by atoms with Crippen molar-refractivity contribution in [3.8, 4) is 35.2 Å². The molecule has 32 heavy (non-hydrogen) atoms. The Morgan fingerprint density at radius 1 is 1.00 bits per heavy atom. The van der Waals surface area contributed by atoms with E-state index in [-0.39, 0.29) is 18.9 Å². The molecule has 0 atom stereocenters. The van der Waals surface area contributed by atoms with Crippen LogP contribution in [0.4, 0.5) is 0 Å². The first-order chi connectivity index (χ1) is 15.7. The van der Waals surface area contributed by atoms with Crippen molar-refractivity contribution in [2.75, 3.05) is 0 Å². The van der Waals surface area contributed by atoms with Gasteiger partial charge in [-0.3, -0.25) is 4.79 Å². The molecule has 0 bridgehead atoms. The van der Waals surface area contributed by atoms with E-state index >= 15 is 0 Å². The zero-order valence-corrected chi connectivity index (χ0v) is 16.9. The summed E-state index contributed by atoms with van der Waals surface area (Å²) in [5.41, 5.74) is 1.14. The van der Waals surface area contributed by atoms with Gasteiger partial charge in [0.2, 0.25) is 11.2 Å². The molecule has 4 rings (SSSR count). The number of hydrogen-bond acceptors (Lipinski definition) is 6. The van der Waals surface area contributed by atoms with Gasteiger partial charge in [0.05, 0.1) is 6.20 Å². The van der Waals surface area contributed by atoms with Gasteiger partial charge in [-0.15, -0.1) is 5.10 Å². The molecule has 2 aromatic carbocycles. The quantitative estimate of drug-likeness (QED) is 0.497. The molecular formula is C25H17N3O4. The van der Waals surface area contributed by atoms with Gasteiger partial charge in [0.15, 0.2) is 5.76 Å². The lowest BCUT2D eigenvalue weighted by molar-refractivity contribution is 0.246. The summed E-state index contributed by atoms with van der Waals surface area (Å²) in [6, 6.07) is 17.9. The summed E-state index contributed by atoms with van der Waals surface area (Å²) in [5, 5.41) is 17.6. The van der Waals surface area contributed by atoms with E-state index in [1.807, 2.05) is 30.3 Å². The van der Waals surface area contributed by atoms with Crippen LogP contribution >= 0.6 is 0 Å². The van der Waals surface area contributed by atoms with Crippen molar-refractivity contribution in [2.45, 2.75) is 13.2 Å². The van der Waals surface area contributed by atoms with Gasteiger partial charge in [-0.05, 0) is 48.2 Å². The molecule has 0 aliphatic carbocycles. The second-order valence-electron chi connectivity index (χ2n) is 6.63. The summed E-state index contributed by atoms with van der Waals surface area (Å²) >= 11 is 0. The Labute approximate surface area is 183 Å². The zero-order valence-electron chi connectivity index (χ0n) is 16.9. The normalized spacial score (nSPS) is 9.88. The third-order valence-electron chi connectivity index (χ3n) is 4.31. The van der Waals surface area contributed by atoms with Gasteiger partial charge in [0.25, 0.3) is 0 Å². The highest BCUT2D eigenvalue weighted by Crippen LogP contribution is 2.19. The lowest BCUT2D eigenvalue weighted by Gasteiger charge is -2.09. The van der Waals surface area contributed by atoms with Gasteiger partial charge in [-0.1, -0.05) is 35.3 Å². The minimum absolute atomic E-state index is 0.0349. The fraction of sp³-hybridized carbons (Fsp3) is 0.0800. The van der Waals surface area contributed by atoms with Crippen molar-refractivity contribution >= 4 is 0 Å². The minimum Gasteiger partial charge on any atom is -0.502 e. The molecule has 0 spiro atoms. The zero-order chi connectivity index (χ0) is 22.2. The summed E-state index contributed by atoms with van der Waals surface area (Å²) in [5.74, 6) is 12.0. The second-order valence-corrected chi connectivity index (χ2v) is 6.63. The van der Waals surface area contributed by atoms with Crippen LogP contribution in [0.5, 0.6) is 11.5 Å². The molecule has 0 amide bonds. The molecule has 0 unspecified atom stereocenters. The van der Waals surface area contributed by atoms with Crippen molar-refractivity contribution in [2.24, 2.45) is 0 Å². The van der Waals surface area contributed by atoms with Crippen LogP contribution in [-0.4, -0.2) is 20.1 Å². The van der Waals surface area contributed by atoms with Crippen LogP contribution in [0, 0.1) is 23.7 Å². The van der Waals surface area contributed by atoms with Crippen LogP contribution in [0.15, 0.2) is 82.3 Å². The van der Waals surface area contributed by atoms with Gasteiger partial charge in [0, 0.05) is 23.4 Å². The highest BCUT2D eigenvalue weighted by atomic mass is 16.5. The molecule has 7 nitrogen and oxygen atoms in total. The number of aromatic hydroxyl groups is 1. The van der Waals surface area contributed by atoms with Crippen molar-refractivity contribution in [3.05, 3.63) is 106 Å². The summed E-state index contributed by atoms with van der Waals surface area (Å²) in [6.45, 7) is 0.100. The topological polar surface area (TPSA) is 90.4 Å². The van der Waals surface area contributed by atoms with Gasteiger partial charge < -0.3 is 14.3 Å². The predicted molar refractivity (Wildman–Crippen MR) is 117 cm³/mol. The maximum Gasteiger partial charge on any atom is 0.227 e. The van der Waals surface area contributed by atoms with Crippen LogP contribution in [0.1, 0.15) is 22.6 Å². The van der Waals surface area contributed by atoms with E-state index in [2.05, 4.69) is 34.0 Å². The number of hydrogen-bond donors (Lipinski definition) is 1. The first kappa shape index (κ1) is 20.5. The van der Waals surface area contributed by atoms with Crippen molar-refractivity contribution in [3.63, 3.8) is 0 Å². The minimum atomic E-state index is -0.549. The molecule has 4 aromatic rings. The monoisotopic (exact) mass is 423 g/mol. The molecule has 0 saturated carbocycles. The van der Waals surface area contributed by atoms with Crippen LogP contribution in [0.2, 0.25) is 0 Å². The van der Waals surface area contributed by atoms with Crippen LogP contribution in [-0.2, 0) is 13.2 Å². The Kier molecular flexibility index (Phi) is 6.31. The van der Waals surface area contributed by atoms with Gasteiger partial charge in [0.1, 0.15) is 24.7 Å². The molecular weight excluding hydrogens is 406 g/mol. The molecule has 156 valence electrons. The molecule has 0 aliphatic rings. The highest BCUT2D eigenvalue weighted by molar-refractivity contribution is 5.45. The average Bonchev–Trinajstić information content (AvgIpc) is 3.32. The van der Waals surface area contributed by atoms with Gasteiger partial charge >= 0.3 is 0 Å². The van der Waals surface area contributed by atoms with E-state index in [0.717, 1.165) is 11.1 Å². The van der Waals surface area contributed by atoms with Gasteiger partial charge in [-0.25, -0.2) is 4.68 Å². The molecule has 2 aromatic heterocycles. The number of benzene rings is 2. The third-order valence-corrected chi connectivity index (χ3v) is 4.31. The number of aromatic nitrogens is 3. The van der Waals surface area contributed by atoms with Crippen LogP contribution in [0.25, 0.3) is 0 Å². The molecule has 2 heterocycles. The molecule has 0 aliphatic heterocycles. The summed E-state index contributed by atoms with van der Waals surface area (Å²) in [4.78, 5) is 12.0. The Hall–Kier alpha value is -4.75. The average molecular weight is 423 g/mol. The maximum absolute atomic E-state index is 12.0. The van der Waals surface area contributed by atoms with Crippen LogP contribution < -0.4 is 10.2 Å². The van der Waals surface area contributed by atoms with E-state index in [1.165, 1.54) is 16.9 Å². The lowest BCUT2D eigenvalue weighted by atomic mass is 10.2. The number of nitrogens with zero attached hydrogens (tertiary/aromatic N) is 3. The first-order valence-electron chi connectivity index (χ1n) is 9.66. The number of ether oxygens (including phenoxy) is 1. The lowest BCUT2D eigenvalue weighted by Crippen LogP contribution is -2.10. The maximum atomic E-state index is 12.0. The Morgan fingerprint density at radius 3 is 2.41 bits per heavy atom. The molecule has 0 fully saturated rings. The fourth-order valence-corrected chi connectivity index (χ4v) is 2.75.